The van der Waals surface area contributed by atoms with Crippen LogP contribution in [0.25, 0.3) is 0 Å². The van der Waals surface area contributed by atoms with Crippen LogP contribution < -0.4 is 5.32 Å². The molecule has 0 saturated carbocycles. The standard InChI is InChI=1S/C10H21N/c1-8-5-6-9(11-7-8)10(2,3)4/h8-9,11H,5-7H2,1-4H3/t8-,9+/m0/s1. The fourth-order valence-electron chi connectivity index (χ4n) is 1.74. The van der Waals surface area contributed by atoms with Gasteiger partial charge in [0.2, 0.25) is 0 Å². The van der Waals surface area contributed by atoms with Crippen LogP contribution in [0.3, 0.4) is 0 Å². The average Bonchev–Trinajstić information content (AvgIpc) is 1.86. The monoisotopic (exact) mass is 155 g/mol. The van der Waals surface area contributed by atoms with E-state index in [0.29, 0.717) is 5.41 Å². The minimum Gasteiger partial charge on any atom is -0.313 e. The second kappa shape index (κ2) is 3.14. The Labute approximate surface area is 70.6 Å². The van der Waals surface area contributed by atoms with Crippen LogP contribution in [0, 0.1) is 11.3 Å². The molecule has 0 radical (unpaired) electrons. The molecular formula is C10H21N. The third kappa shape index (κ3) is 2.48. The molecule has 66 valence electrons. The molecule has 0 unspecified atom stereocenters. The molecule has 0 aromatic heterocycles. The number of piperidine rings is 1. The fourth-order valence-corrected chi connectivity index (χ4v) is 1.74. The normalized spacial score (nSPS) is 33.8. The van der Waals surface area contributed by atoms with E-state index in [2.05, 4.69) is 33.0 Å². The molecule has 1 aliphatic heterocycles. The van der Waals surface area contributed by atoms with Gasteiger partial charge in [-0.1, -0.05) is 27.7 Å². The van der Waals surface area contributed by atoms with Crippen LogP contribution in [0.15, 0.2) is 0 Å². The zero-order chi connectivity index (χ0) is 8.48. The molecule has 1 heterocycles. The van der Waals surface area contributed by atoms with Gasteiger partial charge in [0, 0.05) is 6.04 Å². The van der Waals surface area contributed by atoms with E-state index in [1.54, 1.807) is 0 Å². The van der Waals surface area contributed by atoms with Crippen molar-refractivity contribution in [2.24, 2.45) is 11.3 Å². The van der Waals surface area contributed by atoms with Crippen LogP contribution in [0.2, 0.25) is 0 Å². The summed E-state index contributed by atoms with van der Waals surface area (Å²) in [6.45, 7) is 10.5. The van der Waals surface area contributed by atoms with Crippen molar-refractivity contribution in [1.82, 2.24) is 5.32 Å². The van der Waals surface area contributed by atoms with E-state index in [-0.39, 0.29) is 0 Å². The Balaban J connectivity index is 2.39. The minimum absolute atomic E-state index is 0.445. The topological polar surface area (TPSA) is 12.0 Å². The van der Waals surface area contributed by atoms with E-state index in [1.807, 2.05) is 0 Å². The Bertz CT molecular complexity index is 115. The Morgan fingerprint density at radius 2 is 1.82 bits per heavy atom. The zero-order valence-electron chi connectivity index (χ0n) is 8.28. The summed E-state index contributed by atoms with van der Waals surface area (Å²) < 4.78 is 0. The molecule has 11 heavy (non-hydrogen) atoms. The number of nitrogens with one attached hydrogen (secondary N) is 1. The van der Waals surface area contributed by atoms with E-state index in [9.17, 15) is 0 Å². The molecule has 0 aromatic carbocycles. The highest BCUT2D eigenvalue weighted by Crippen LogP contribution is 2.27. The van der Waals surface area contributed by atoms with Crippen LogP contribution >= 0.6 is 0 Å². The fraction of sp³-hybridized carbons (Fsp3) is 1.00. The Morgan fingerprint density at radius 3 is 2.18 bits per heavy atom. The molecule has 0 aromatic rings. The summed E-state index contributed by atoms with van der Waals surface area (Å²) in [7, 11) is 0. The third-order valence-electron chi connectivity index (χ3n) is 2.71. The minimum atomic E-state index is 0.445. The van der Waals surface area contributed by atoms with Crippen molar-refractivity contribution in [3.63, 3.8) is 0 Å². The molecule has 1 saturated heterocycles. The van der Waals surface area contributed by atoms with Gasteiger partial charge < -0.3 is 5.32 Å². The molecule has 1 rings (SSSR count). The van der Waals surface area contributed by atoms with E-state index in [1.165, 1.54) is 19.4 Å². The first kappa shape index (κ1) is 9.05. The predicted molar refractivity (Wildman–Crippen MR) is 49.6 cm³/mol. The smallest absolute Gasteiger partial charge is 0.0116 e. The first-order chi connectivity index (χ1) is 5.00. The lowest BCUT2D eigenvalue weighted by Gasteiger charge is -2.37. The van der Waals surface area contributed by atoms with Crippen molar-refractivity contribution in [3.8, 4) is 0 Å². The van der Waals surface area contributed by atoms with Crippen LogP contribution in [-0.2, 0) is 0 Å². The molecule has 0 amide bonds. The second-order valence-electron chi connectivity index (χ2n) is 5.01. The maximum absolute atomic E-state index is 3.61. The van der Waals surface area contributed by atoms with Crippen molar-refractivity contribution in [1.29, 1.82) is 0 Å². The highest BCUT2D eigenvalue weighted by molar-refractivity contribution is 4.84. The summed E-state index contributed by atoms with van der Waals surface area (Å²) >= 11 is 0. The Kier molecular flexibility index (Phi) is 2.58. The van der Waals surface area contributed by atoms with Gasteiger partial charge in [-0.3, -0.25) is 0 Å². The largest absolute Gasteiger partial charge is 0.313 e. The lowest BCUT2D eigenvalue weighted by molar-refractivity contribution is 0.200. The molecule has 0 spiro atoms. The van der Waals surface area contributed by atoms with E-state index in [4.69, 9.17) is 0 Å². The van der Waals surface area contributed by atoms with Gasteiger partial charge in [-0.05, 0) is 30.7 Å². The van der Waals surface area contributed by atoms with Gasteiger partial charge in [0.05, 0.1) is 0 Å². The zero-order valence-corrected chi connectivity index (χ0v) is 8.28. The lowest BCUT2D eigenvalue weighted by atomic mass is 9.80. The van der Waals surface area contributed by atoms with Gasteiger partial charge >= 0.3 is 0 Å². The van der Waals surface area contributed by atoms with Gasteiger partial charge in [0.25, 0.3) is 0 Å². The third-order valence-corrected chi connectivity index (χ3v) is 2.71. The highest BCUT2D eigenvalue weighted by Gasteiger charge is 2.27. The molecule has 1 heteroatoms. The molecule has 1 fully saturated rings. The molecule has 0 bridgehead atoms. The van der Waals surface area contributed by atoms with E-state index >= 15 is 0 Å². The summed E-state index contributed by atoms with van der Waals surface area (Å²) in [5.41, 5.74) is 0.445. The summed E-state index contributed by atoms with van der Waals surface area (Å²) in [5.74, 6) is 0.883. The second-order valence-corrected chi connectivity index (χ2v) is 5.01. The van der Waals surface area contributed by atoms with Crippen LogP contribution in [-0.4, -0.2) is 12.6 Å². The quantitative estimate of drug-likeness (QED) is 0.566. The van der Waals surface area contributed by atoms with Gasteiger partial charge in [-0.2, -0.15) is 0 Å². The molecule has 1 nitrogen and oxygen atoms in total. The van der Waals surface area contributed by atoms with Crippen molar-refractivity contribution in [3.05, 3.63) is 0 Å². The number of hydrogen-bond acceptors (Lipinski definition) is 1. The molecule has 2 atom stereocenters. The van der Waals surface area contributed by atoms with Crippen molar-refractivity contribution < 1.29 is 0 Å². The van der Waals surface area contributed by atoms with Gasteiger partial charge in [-0.25, -0.2) is 0 Å². The number of rotatable bonds is 0. The molecule has 1 N–H and O–H groups in total. The maximum Gasteiger partial charge on any atom is 0.0116 e. The van der Waals surface area contributed by atoms with Crippen LogP contribution in [0.4, 0.5) is 0 Å². The number of hydrogen-bond donors (Lipinski definition) is 1. The van der Waals surface area contributed by atoms with Gasteiger partial charge in [0.15, 0.2) is 0 Å². The predicted octanol–water partition coefficient (Wildman–Crippen LogP) is 2.42. The highest BCUT2D eigenvalue weighted by atomic mass is 14.9. The summed E-state index contributed by atoms with van der Waals surface area (Å²) in [4.78, 5) is 0. The SMILES string of the molecule is C[C@H]1CC[C@H](C(C)(C)C)NC1. The lowest BCUT2D eigenvalue weighted by Crippen LogP contribution is -2.45. The van der Waals surface area contributed by atoms with Gasteiger partial charge in [-0.15, -0.1) is 0 Å². The van der Waals surface area contributed by atoms with Crippen molar-refractivity contribution >= 4 is 0 Å². The maximum atomic E-state index is 3.61. The van der Waals surface area contributed by atoms with E-state index < -0.39 is 0 Å². The molecule has 0 aliphatic carbocycles. The summed E-state index contributed by atoms with van der Waals surface area (Å²) in [6.07, 6.45) is 2.75. The van der Waals surface area contributed by atoms with Gasteiger partial charge in [0.1, 0.15) is 0 Å². The average molecular weight is 155 g/mol. The van der Waals surface area contributed by atoms with Crippen molar-refractivity contribution in [2.75, 3.05) is 6.54 Å². The van der Waals surface area contributed by atoms with Crippen LogP contribution in [0.5, 0.6) is 0 Å². The Morgan fingerprint density at radius 1 is 1.18 bits per heavy atom. The molecular weight excluding hydrogens is 134 g/mol. The van der Waals surface area contributed by atoms with E-state index in [0.717, 1.165) is 12.0 Å². The summed E-state index contributed by atoms with van der Waals surface area (Å²) in [6, 6.07) is 0.735. The first-order valence-corrected chi connectivity index (χ1v) is 4.73. The summed E-state index contributed by atoms with van der Waals surface area (Å²) in [5, 5.41) is 3.61. The molecule has 1 aliphatic rings. The van der Waals surface area contributed by atoms with Crippen molar-refractivity contribution in [2.45, 2.75) is 46.6 Å². The Hall–Kier alpha value is -0.0400. The van der Waals surface area contributed by atoms with Crippen LogP contribution in [0.1, 0.15) is 40.5 Å². The first-order valence-electron chi connectivity index (χ1n) is 4.73.